The predicted octanol–water partition coefficient (Wildman–Crippen LogP) is 4.71. The molecule has 3 rings (SSSR count). The highest BCUT2D eigenvalue weighted by Gasteiger charge is 2.16. The number of rotatable bonds is 3. The van der Waals surface area contributed by atoms with Crippen LogP contribution in [0.3, 0.4) is 0 Å². The summed E-state index contributed by atoms with van der Waals surface area (Å²) in [6, 6.07) is 21.4. The van der Waals surface area contributed by atoms with Crippen LogP contribution in [0.2, 0.25) is 0 Å². The summed E-state index contributed by atoms with van der Waals surface area (Å²) in [7, 11) is 0. The Hall–Kier alpha value is -2.28. The highest BCUT2D eigenvalue weighted by molar-refractivity contribution is 5.79. The van der Waals surface area contributed by atoms with Gasteiger partial charge >= 0.3 is 0 Å². The minimum absolute atomic E-state index is 0.276. The van der Waals surface area contributed by atoms with Gasteiger partial charge in [-0.3, -0.25) is 0 Å². The van der Waals surface area contributed by atoms with Crippen LogP contribution in [-0.4, -0.2) is 0 Å². The zero-order valence-electron chi connectivity index (χ0n) is 11.7. The molecule has 0 aromatic heterocycles. The summed E-state index contributed by atoms with van der Waals surface area (Å²) in [5.74, 6) is 0. The standard InChI is InChI=1S/C19H19N/c1-2-15-13-19(17-11-7-4-8-12-17)20-14-18(15)16-9-5-3-6-10-16/h3-14,19-20H,2H2,1H3. The molecule has 0 bridgehead atoms. The fourth-order valence-electron chi connectivity index (χ4n) is 2.65. The van der Waals surface area contributed by atoms with Gasteiger partial charge in [-0.2, -0.15) is 0 Å². The second-order valence-corrected chi connectivity index (χ2v) is 5.02. The molecular formula is C19H19N. The van der Waals surface area contributed by atoms with Crippen molar-refractivity contribution in [3.8, 4) is 0 Å². The van der Waals surface area contributed by atoms with Crippen LogP contribution < -0.4 is 5.32 Å². The lowest BCUT2D eigenvalue weighted by Crippen LogP contribution is -2.18. The van der Waals surface area contributed by atoms with Gasteiger partial charge in [-0.15, -0.1) is 0 Å². The van der Waals surface area contributed by atoms with Crippen molar-refractivity contribution < 1.29 is 0 Å². The van der Waals surface area contributed by atoms with E-state index in [1.54, 1.807) is 0 Å². The van der Waals surface area contributed by atoms with Crippen LogP contribution in [0, 0.1) is 0 Å². The van der Waals surface area contributed by atoms with Gasteiger partial charge in [0.05, 0.1) is 6.04 Å². The van der Waals surface area contributed by atoms with E-state index in [0.29, 0.717) is 0 Å². The maximum absolute atomic E-state index is 3.51. The molecule has 0 saturated carbocycles. The SMILES string of the molecule is CCC1=CC(c2ccccc2)NC=C1c1ccccc1. The van der Waals surface area contributed by atoms with Crippen molar-refractivity contribution in [1.82, 2.24) is 5.32 Å². The Morgan fingerprint density at radius 3 is 2.20 bits per heavy atom. The van der Waals surface area contributed by atoms with Gasteiger partial charge in [0.1, 0.15) is 0 Å². The van der Waals surface area contributed by atoms with E-state index in [9.17, 15) is 0 Å². The molecule has 1 heteroatoms. The van der Waals surface area contributed by atoms with Crippen molar-refractivity contribution in [3.05, 3.63) is 89.6 Å². The Labute approximate surface area is 120 Å². The molecule has 0 fully saturated rings. The third kappa shape index (κ3) is 2.53. The van der Waals surface area contributed by atoms with Crippen molar-refractivity contribution in [3.63, 3.8) is 0 Å². The monoisotopic (exact) mass is 261 g/mol. The van der Waals surface area contributed by atoms with Crippen LogP contribution in [0.25, 0.3) is 5.57 Å². The zero-order chi connectivity index (χ0) is 13.8. The van der Waals surface area contributed by atoms with Crippen LogP contribution >= 0.6 is 0 Å². The summed E-state index contributed by atoms with van der Waals surface area (Å²) >= 11 is 0. The molecule has 20 heavy (non-hydrogen) atoms. The Morgan fingerprint density at radius 1 is 0.900 bits per heavy atom. The quantitative estimate of drug-likeness (QED) is 0.843. The molecule has 1 heterocycles. The average Bonchev–Trinajstić information content (AvgIpc) is 2.56. The number of hydrogen-bond donors (Lipinski definition) is 1. The van der Waals surface area contributed by atoms with Crippen LogP contribution in [0.15, 0.2) is 78.5 Å². The Morgan fingerprint density at radius 2 is 1.55 bits per heavy atom. The van der Waals surface area contributed by atoms with E-state index in [1.807, 2.05) is 0 Å². The summed E-state index contributed by atoms with van der Waals surface area (Å²) in [4.78, 5) is 0. The minimum Gasteiger partial charge on any atom is -0.380 e. The van der Waals surface area contributed by atoms with Crippen LogP contribution in [0.1, 0.15) is 30.5 Å². The van der Waals surface area contributed by atoms with Crippen molar-refractivity contribution in [1.29, 1.82) is 0 Å². The number of dihydropyridines is 1. The van der Waals surface area contributed by atoms with E-state index < -0.39 is 0 Å². The molecule has 1 N–H and O–H groups in total. The maximum atomic E-state index is 3.51. The topological polar surface area (TPSA) is 12.0 Å². The molecule has 0 spiro atoms. The van der Waals surface area contributed by atoms with E-state index in [2.05, 4.69) is 85.2 Å². The number of hydrogen-bond acceptors (Lipinski definition) is 1. The highest BCUT2D eigenvalue weighted by Crippen LogP contribution is 2.31. The van der Waals surface area contributed by atoms with E-state index >= 15 is 0 Å². The number of benzene rings is 2. The third-order valence-corrected chi connectivity index (χ3v) is 3.75. The number of nitrogens with one attached hydrogen (secondary N) is 1. The summed E-state index contributed by atoms with van der Waals surface area (Å²) in [6.45, 7) is 2.22. The smallest absolute Gasteiger partial charge is 0.0698 e. The normalized spacial score (nSPS) is 17.9. The molecule has 0 saturated heterocycles. The molecule has 2 aromatic carbocycles. The van der Waals surface area contributed by atoms with Crippen molar-refractivity contribution in [2.24, 2.45) is 0 Å². The van der Waals surface area contributed by atoms with E-state index in [1.165, 1.54) is 22.3 Å². The Kier molecular flexibility index (Phi) is 3.69. The summed E-state index contributed by atoms with van der Waals surface area (Å²) in [6.07, 6.45) is 5.55. The largest absolute Gasteiger partial charge is 0.380 e. The van der Waals surface area contributed by atoms with E-state index in [0.717, 1.165) is 6.42 Å². The van der Waals surface area contributed by atoms with Gasteiger partial charge in [-0.05, 0) is 23.1 Å². The second kappa shape index (κ2) is 5.79. The first-order chi connectivity index (χ1) is 9.88. The van der Waals surface area contributed by atoms with Crippen LogP contribution in [0.5, 0.6) is 0 Å². The number of allylic oxidation sites excluding steroid dienone is 2. The van der Waals surface area contributed by atoms with Gasteiger partial charge in [0, 0.05) is 11.8 Å². The fraction of sp³-hybridized carbons (Fsp3) is 0.158. The summed E-state index contributed by atoms with van der Waals surface area (Å²) in [5, 5.41) is 3.51. The first-order valence-corrected chi connectivity index (χ1v) is 7.16. The molecule has 1 unspecified atom stereocenters. The average molecular weight is 261 g/mol. The fourth-order valence-corrected chi connectivity index (χ4v) is 2.65. The van der Waals surface area contributed by atoms with Gasteiger partial charge in [0.25, 0.3) is 0 Å². The van der Waals surface area contributed by atoms with E-state index in [-0.39, 0.29) is 6.04 Å². The van der Waals surface area contributed by atoms with Crippen molar-refractivity contribution >= 4 is 5.57 Å². The van der Waals surface area contributed by atoms with Gasteiger partial charge in [-0.1, -0.05) is 73.7 Å². The van der Waals surface area contributed by atoms with Gasteiger partial charge in [0.15, 0.2) is 0 Å². The Bertz CT molecular complexity index is 623. The summed E-state index contributed by atoms with van der Waals surface area (Å²) < 4.78 is 0. The molecule has 0 aliphatic carbocycles. The van der Waals surface area contributed by atoms with Crippen molar-refractivity contribution in [2.45, 2.75) is 19.4 Å². The van der Waals surface area contributed by atoms with Gasteiger partial charge < -0.3 is 5.32 Å². The predicted molar refractivity (Wildman–Crippen MR) is 85.1 cm³/mol. The first-order valence-electron chi connectivity index (χ1n) is 7.16. The van der Waals surface area contributed by atoms with Gasteiger partial charge in [-0.25, -0.2) is 0 Å². The lowest BCUT2D eigenvalue weighted by atomic mass is 9.91. The molecule has 1 aliphatic heterocycles. The molecule has 100 valence electrons. The first kappa shape index (κ1) is 12.7. The van der Waals surface area contributed by atoms with Crippen LogP contribution in [-0.2, 0) is 0 Å². The maximum Gasteiger partial charge on any atom is 0.0698 e. The highest BCUT2D eigenvalue weighted by atomic mass is 14.9. The van der Waals surface area contributed by atoms with E-state index in [4.69, 9.17) is 0 Å². The molecule has 1 aliphatic rings. The lowest BCUT2D eigenvalue weighted by Gasteiger charge is -2.24. The summed E-state index contributed by atoms with van der Waals surface area (Å²) in [5.41, 5.74) is 5.30. The molecule has 2 aromatic rings. The Balaban J connectivity index is 1.91. The van der Waals surface area contributed by atoms with Gasteiger partial charge in [0.2, 0.25) is 0 Å². The van der Waals surface area contributed by atoms with Crippen molar-refractivity contribution in [2.75, 3.05) is 0 Å². The zero-order valence-corrected chi connectivity index (χ0v) is 11.7. The molecule has 1 nitrogen and oxygen atoms in total. The minimum atomic E-state index is 0.276. The third-order valence-electron chi connectivity index (χ3n) is 3.75. The second-order valence-electron chi connectivity index (χ2n) is 5.02. The molecule has 0 radical (unpaired) electrons. The van der Waals surface area contributed by atoms with Crippen LogP contribution in [0.4, 0.5) is 0 Å². The molecule has 0 amide bonds. The molecular weight excluding hydrogens is 242 g/mol. The lowest BCUT2D eigenvalue weighted by molar-refractivity contribution is 0.738. The molecule has 1 atom stereocenters.